The summed E-state index contributed by atoms with van der Waals surface area (Å²) in [5.74, 6) is -1.13. The van der Waals surface area contributed by atoms with Crippen LogP contribution in [0.25, 0.3) is 16.8 Å². The van der Waals surface area contributed by atoms with Gasteiger partial charge in [0, 0.05) is 30.9 Å². The van der Waals surface area contributed by atoms with Crippen molar-refractivity contribution in [1.29, 1.82) is 0 Å². The van der Waals surface area contributed by atoms with Gasteiger partial charge in [0.25, 0.3) is 0 Å². The van der Waals surface area contributed by atoms with Gasteiger partial charge in [0.2, 0.25) is 5.95 Å². The van der Waals surface area contributed by atoms with Crippen molar-refractivity contribution in [3.63, 3.8) is 0 Å². The van der Waals surface area contributed by atoms with E-state index in [1.807, 2.05) is 11.9 Å². The van der Waals surface area contributed by atoms with Gasteiger partial charge < -0.3 is 20.4 Å². The molecule has 30 heavy (non-hydrogen) atoms. The molecule has 0 aliphatic carbocycles. The van der Waals surface area contributed by atoms with E-state index in [9.17, 15) is 27.8 Å². The lowest BCUT2D eigenvalue weighted by Gasteiger charge is -2.33. The lowest BCUT2D eigenvalue weighted by molar-refractivity contribution is -0.137. The lowest BCUT2D eigenvalue weighted by Crippen LogP contribution is -2.47. The molecule has 3 heterocycles. The summed E-state index contributed by atoms with van der Waals surface area (Å²) in [6.45, 7) is 1.18. The molecule has 1 unspecified atom stereocenters. The molecule has 3 N–H and O–H groups in total. The van der Waals surface area contributed by atoms with Crippen molar-refractivity contribution in [2.75, 3.05) is 25.5 Å². The zero-order valence-corrected chi connectivity index (χ0v) is 15.9. The minimum absolute atomic E-state index is 0.0349. The third kappa shape index (κ3) is 3.77. The van der Waals surface area contributed by atoms with Gasteiger partial charge in [-0.3, -0.25) is 4.40 Å². The number of rotatable bonds is 3. The van der Waals surface area contributed by atoms with E-state index in [1.54, 1.807) is 0 Å². The molecule has 0 radical (unpaired) electrons. The highest BCUT2D eigenvalue weighted by Gasteiger charge is 2.32. The third-order valence-electron chi connectivity index (χ3n) is 5.06. The number of likely N-dealkylation sites (tertiary alicyclic amines) is 1. The van der Waals surface area contributed by atoms with E-state index >= 15 is 0 Å². The molecule has 160 valence electrons. The first-order valence-electron chi connectivity index (χ1n) is 9.20. The fourth-order valence-corrected chi connectivity index (χ4v) is 3.77. The number of piperidine rings is 1. The number of aliphatic hydroxyl groups excluding tert-OH is 1. The molecule has 3 aromatic rings. The van der Waals surface area contributed by atoms with E-state index in [0.717, 1.165) is 12.1 Å². The van der Waals surface area contributed by atoms with Crippen molar-refractivity contribution < 1.29 is 27.8 Å². The fraction of sp³-hybridized carbons (Fsp3) is 0.368. The number of benzene rings is 1. The summed E-state index contributed by atoms with van der Waals surface area (Å²) in [6, 6.07) is 3.41. The molecule has 2 atom stereocenters. The second-order valence-corrected chi connectivity index (χ2v) is 7.44. The number of phenols is 1. The summed E-state index contributed by atoms with van der Waals surface area (Å²) < 4.78 is 54.5. The highest BCUT2D eigenvalue weighted by molar-refractivity contribution is 5.81. The number of β-amino-alcohol motifs (C(OH)–C–C–N with tert-alkyl or cyclic N) is 1. The molecular weight excluding hydrogens is 406 g/mol. The zero-order valence-electron chi connectivity index (χ0n) is 15.9. The highest BCUT2D eigenvalue weighted by Crippen LogP contribution is 2.37. The minimum Gasteiger partial charge on any atom is -0.507 e. The smallest absolute Gasteiger partial charge is 0.416 e. The van der Waals surface area contributed by atoms with Crippen LogP contribution in [0.5, 0.6) is 5.75 Å². The number of nitrogens with zero attached hydrogens (tertiary/aromatic N) is 4. The summed E-state index contributed by atoms with van der Waals surface area (Å²) in [5.41, 5.74) is -1.22. The van der Waals surface area contributed by atoms with Crippen LogP contribution in [-0.4, -0.2) is 62.0 Å². The Hall–Kier alpha value is -2.92. The first kappa shape index (κ1) is 20.4. The molecule has 2 aromatic heterocycles. The summed E-state index contributed by atoms with van der Waals surface area (Å²) >= 11 is 0. The number of fused-ring (bicyclic) bond motifs is 1. The van der Waals surface area contributed by atoms with Gasteiger partial charge in [-0.15, -0.1) is 10.2 Å². The van der Waals surface area contributed by atoms with Crippen LogP contribution >= 0.6 is 0 Å². The molecule has 1 aromatic carbocycles. The Morgan fingerprint density at radius 1 is 1.17 bits per heavy atom. The first-order chi connectivity index (χ1) is 14.1. The van der Waals surface area contributed by atoms with Crippen molar-refractivity contribution >= 4 is 11.5 Å². The minimum atomic E-state index is -4.62. The third-order valence-corrected chi connectivity index (χ3v) is 5.06. The molecule has 11 heteroatoms. The van der Waals surface area contributed by atoms with E-state index in [0.29, 0.717) is 25.6 Å². The van der Waals surface area contributed by atoms with Crippen LogP contribution < -0.4 is 5.32 Å². The van der Waals surface area contributed by atoms with E-state index in [-0.39, 0.29) is 28.8 Å². The Bertz CT molecular complexity index is 1070. The van der Waals surface area contributed by atoms with Crippen LogP contribution in [0.3, 0.4) is 0 Å². The van der Waals surface area contributed by atoms with Gasteiger partial charge in [0.05, 0.1) is 11.7 Å². The Labute approximate surface area is 168 Å². The van der Waals surface area contributed by atoms with Crippen LogP contribution in [0.1, 0.15) is 12.0 Å². The zero-order chi connectivity index (χ0) is 21.6. The number of nitrogens with one attached hydrogen (secondary N) is 1. The fourth-order valence-electron chi connectivity index (χ4n) is 3.77. The number of likely N-dealkylation sites (N-methyl/N-ethyl adjacent to an activating group) is 1. The Morgan fingerprint density at radius 2 is 1.93 bits per heavy atom. The molecule has 1 saturated heterocycles. The predicted octanol–water partition coefficient (Wildman–Crippen LogP) is 2.74. The van der Waals surface area contributed by atoms with Gasteiger partial charge in [0.15, 0.2) is 5.82 Å². The van der Waals surface area contributed by atoms with Gasteiger partial charge in [-0.1, -0.05) is 0 Å². The van der Waals surface area contributed by atoms with Crippen molar-refractivity contribution in [1.82, 2.24) is 19.5 Å². The molecule has 1 aliphatic heterocycles. The van der Waals surface area contributed by atoms with Crippen LogP contribution in [0, 0.1) is 5.82 Å². The average Bonchev–Trinajstić information content (AvgIpc) is 3.03. The van der Waals surface area contributed by atoms with Crippen molar-refractivity contribution in [3.05, 3.63) is 41.8 Å². The number of alkyl halides is 3. The summed E-state index contributed by atoms with van der Waals surface area (Å²) in [6.07, 6.45) is -3.26. The van der Waals surface area contributed by atoms with Crippen LogP contribution in [-0.2, 0) is 6.18 Å². The molecule has 7 nitrogen and oxygen atoms in total. The van der Waals surface area contributed by atoms with E-state index in [4.69, 9.17) is 0 Å². The molecule has 4 rings (SSSR count). The number of aromatic nitrogens is 3. The van der Waals surface area contributed by atoms with Gasteiger partial charge in [-0.05, 0) is 37.7 Å². The topological polar surface area (TPSA) is 85.9 Å². The largest absolute Gasteiger partial charge is 0.507 e. The Kier molecular flexibility index (Phi) is 5.02. The molecular formula is C19H19F4N5O2. The van der Waals surface area contributed by atoms with Crippen molar-refractivity contribution in [3.8, 4) is 17.0 Å². The summed E-state index contributed by atoms with van der Waals surface area (Å²) in [5, 5.41) is 31.3. The van der Waals surface area contributed by atoms with Gasteiger partial charge in [-0.25, -0.2) is 4.39 Å². The van der Waals surface area contributed by atoms with Crippen molar-refractivity contribution in [2.24, 2.45) is 0 Å². The Morgan fingerprint density at radius 3 is 2.60 bits per heavy atom. The van der Waals surface area contributed by atoms with E-state index < -0.39 is 29.4 Å². The molecule has 0 bridgehead atoms. The number of aliphatic hydroxyl groups is 1. The maximum Gasteiger partial charge on any atom is 0.416 e. The van der Waals surface area contributed by atoms with Gasteiger partial charge >= 0.3 is 6.18 Å². The standard InChI is InChI=1S/C19H19F4N5O2/c1-27-8-11(7-12(29)9-27)24-18-26-25-16(17-14(20)4-5-28(17)18)13-3-2-10(6-15(13)30)19(21,22)23/h2-6,11-12,29-30H,7-9H2,1H3,(H,24,26)/t11?,12-/m1/s1. The molecule has 0 spiro atoms. The Balaban J connectivity index is 1.74. The normalized spacial score (nSPS) is 20.6. The molecule has 0 amide bonds. The first-order valence-corrected chi connectivity index (χ1v) is 9.20. The maximum absolute atomic E-state index is 14.5. The SMILES string of the molecule is CN1CC(Nc2nnc(-c3ccc(C(F)(F)F)cc3O)c3c(F)ccn23)C[C@@H](O)C1. The van der Waals surface area contributed by atoms with E-state index in [1.165, 1.54) is 16.7 Å². The molecule has 0 saturated carbocycles. The number of aromatic hydroxyl groups is 1. The second-order valence-electron chi connectivity index (χ2n) is 7.44. The lowest BCUT2D eigenvalue weighted by atomic mass is 10.0. The second kappa shape index (κ2) is 7.40. The number of anilines is 1. The van der Waals surface area contributed by atoms with Crippen LogP contribution in [0.4, 0.5) is 23.5 Å². The molecule has 1 aliphatic rings. The number of phenolic OH excluding ortho intramolecular Hbond substituents is 1. The van der Waals surface area contributed by atoms with Crippen LogP contribution in [0.2, 0.25) is 0 Å². The average molecular weight is 425 g/mol. The number of hydrogen-bond acceptors (Lipinski definition) is 6. The van der Waals surface area contributed by atoms with Crippen LogP contribution in [0.15, 0.2) is 30.5 Å². The highest BCUT2D eigenvalue weighted by atomic mass is 19.4. The van der Waals surface area contributed by atoms with Gasteiger partial charge in [0.1, 0.15) is 17.0 Å². The monoisotopic (exact) mass is 425 g/mol. The number of hydrogen-bond donors (Lipinski definition) is 3. The summed E-state index contributed by atoms with van der Waals surface area (Å²) in [4.78, 5) is 1.95. The molecule has 1 fully saturated rings. The van der Waals surface area contributed by atoms with E-state index in [2.05, 4.69) is 15.5 Å². The predicted molar refractivity (Wildman–Crippen MR) is 101 cm³/mol. The number of halogens is 4. The maximum atomic E-state index is 14.5. The van der Waals surface area contributed by atoms with Crippen molar-refractivity contribution in [2.45, 2.75) is 24.7 Å². The quantitative estimate of drug-likeness (QED) is 0.560. The summed E-state index contributed by atoms with van der Waals surface area (Å²) in [7, 11) is 1.87. The van der Waals surface area contributed by atoms with Gasteiger partial charge in [-0.2, -0.15) is 13.2 Å².